The Morgan fingerprint density at radius 1 is 0.613 bits per heavy atom. The minimum atomic E-state index is 0.497. The third kappa shape index (κ3) is 3.69. The van der Waals surface area contributed by atoms with Crippen molar-refractivity contribution in [3.8, 4) is 45.6 Å². The molecular formula is C19H16N12. The zero-order valence-electron chi connectivity index (χ0n) is 16.6. The fourth-order valence-electron chi connectivity index (χ4n) is 2.99. The molecule has 152 valence electrons. The second-order valence-corrected chi connectivity index (χ2v) is 6.81. The van der Waals surface area contributed by atoms with Crippen molar-refractivity contribution in [3.05, 3.63) is 48.5 Å². The summed E-state index contributed by atoms with van der Waals surface area (Å²) >= 11 is 0. The van der Waals surface area contributed by atoms with Crippen molar-refractivity contribution in [1.82, 2.24) is 56.2 Å². The molecule has 31 heavy (non-hydrogen) atoms. The Balaban J connectivity index is 1.61. The lowest BCUT2D eigenvalue weighted by Gasteiger charge is -2.13. The van der Waals surface area contributed by atoms with Crippen molar-refractivity contribution >= 4 is 5.95 Å². The van der Waals surface area contributed by atoms with E-state index >= 15 is 0 Å². The lowest BCUT2D eigenvalue weighted by molar-refractivity contribution is 0.881. The van der Waals surface area contributed by atoms with Crippen molar-refractivity contribution in [2.75, 3.05) is 19.0 Å². The number of hydrogen-bond donors (Lipinski definition) is 2. The Hall–Kier alpha value is -4.61. The largest absolute Gasteiger partial charge is 0.347 e. The number of H-pyrrole nitrogens is 2. The van der Waals surface area contributed by atoms with Gasteiger partial charge in [0, 0.05) is 36.3 Å². The first kappa shape index (κ1) is 18.4. The highest BCUT2D eigenvalue weighted by atomic mass is 15.5. The average Bonchev–Trinajstić information content (AvgIpc) is 3.53. The highest BCUT2D eigenvalue weighted by Crippen LogP contribution is 2.27. The molecule has 0 atom stereocenters. The van der Waals surface area contributed by atoms with Gasteiger partial charge in [0.1, 0.15) is 0 Å². The van der Waals surface area contributed by atoms with Crippen molar-refractivity contribution in [2.45, 2.75) is 0 Å². The number of rotatable bonds is 5. The maximum absolute atomic E-state index is 4.72. The van der Waals surface area contributed by atoms with Crippen LogP contribution in [-0.2, 0) is 0 Å². The number of aromatic nitrogens is 11. The molecule has 2 aromatic carbocycles. The van der Waals surface area contributed by atoms with Crippen LogP contribution in [0.2, 0.25) is 0 Å². The molecule has 0 aliphatic rings. The monoisotopic (exact) mass is 412 g/mol. The van der Waals surface area contributed by atoms with Crippen LogP contribution in [0, 0.1) is 0 Å². The first-order chi connectivity index (χ1) is 15.2. The summed E-state index contributed by atoms with van der Waals surface area (Å²) < 4.78 is 0. The molecule has 3 aromatic heterocycles. The topological polar surface area (TPSA) is 151 Å². The van der Waals surface area contributed by atoms with Crippen LogP contribution in [0.5, 0.6) is 0 Å². The van der Waals surface area contributed by atoms with E-state index in [2.05, 4.69) is 51.2 Å². The van der Waals surface area contributed by atoms with Gasteiger partial charge in [-0.25, -0.2) is 4.98 Å². The maximum atomic E-state index is 4.72. The zero-order valence-corrected chi connectivity index (χ0v) is 16.6. The van der Waals surface area contributed by atoms with Gasteiger partial charge in [0.05, 0.1) is 0 Å². The summed E-state index contributed by atoms with van der Waals surface area (Å²) in [6, 6.07) is 15.3. The number of benzene rings is 2. The predicted octanol–water partition coefficient (Wildman–Crippen LogP) is 1.63. The highest BCUT2D eigenvalue weighted by Gasteiger charge is 2.14. The smallest absolute Gasteiger partial charge is 0.228 e. The molecule has 3 heterocycles. The second kappa shape index (κ2) is 7.67. The molecule has 0 saturated carbocycles. The van der Waals surface area contributed by atoms with E-state index in [0.717, 1.165) is 22.3 Å². The molecule has 0 aliphatic carbocycles. The van der Waals surface area contributed by atoms with Gasteiger partial charge in [-0.15, -0.1) is 20.4 Å². The lowest BCUT2D eigenvalue weighted by atomic mass is 10.1. The Labute approximate surface area is 175 Å². The highest BCUT2D eigenvalue weighted by molar-refractivity contribution is 5.70. The van der Waals surface area contributed by atoms with E-state index in [1.165, 1.54) is 0 Å². The molecule has 0 fully saturated rings. The molecule has 0 amide bonds. The minimum absolute atomic E-state index is 0.497. The van der Waals surface area contributed by atoms with E-state index in [0.29, 0.717) is 29.2 Å². The Kier molecular flexibility index (Phi) is 4.55. The Morgan fingerprint density at radius 3 is 1.45 bits per heavy atom. The molecule has 0 unspecified atom stereocenters. The van der Waals surface area contributed by atoms with Crippen LogP contribution in [0.4, 0.5) is 5.95 Å². The number of aromatic amines is 2. The van der Waals surface area contributed by atoms with Gasteiger partial charge in [-0.3, -0.25) is 0 Å². The van der Waals surface area contributed by atoms with Gasteiger partial charge < -0.3 is 4.90 Å². The van der Waals surface area contributed by atoms with Gasteiger partial charge >= 0.3 is 0 Å². The van der Waals surface area contributed by atoms with Crippen molar-refractivity contribution in [2.24, 2.45) is 0 Å². The molecule has 12 nitrogen and oxygen atoms in total. The van der Waals surface area contributed by atoms with Crippen LogP contribution in [0.15, 0.2) is 48.5 Å². The summed E-state index contributed by atoms with van der Waals surface area (Å²) in [4.78, 5) is 15.8. The van der Waals surface area contributed by atoms with Gasteiger partial charge in [0.2, 0.25) is 17.6 Å². The summed E-state index contributed by atoms with van der Waals surface area (Å²) in [5.74, 6) is 2.59. The third-order valence-corrected chi connectivity index (χ3v) is 4.47. The first-order valence-corrected chi connectivity index (χ1v) is 9.29. The van der Waals surface area contributed by atoms with Gasteiger partial charge in [-0.05, 0) is 22.6 Å². The minimum Gasteiger partial charge on any atom is -0.347 e. The van der Waals surface area contributed by atoms with Gasteiger partial charge in [0.25, 0.3) is 0 Å². The van der Waals surface area contributed by atoms with Gasteiger partial charge in [-0.2, -0.15) is 20.4 Å². The Bertz CT molecular complexity index is 1220. The van der Waals surface area contributed by atoms with Crippen LogP contribution in [0.25, 0.3) is 45.6 Å². The molecular weight excluding hydrogens is 396 g/mol. The van der Waals surface area contributed by atoms with E-state index in [1.54, 1.807) is 0 Å². The summed E-state index contributed by atoms with van der Waals surface area (Å²) in [5, 5.41) is 28.3. The molecule has 0 bridgehead atoms. The first-order valence-electron chi connectivity index (χ1n) is 9.29. The number of tetrazole rings is 2. The number of nitrogens with zero attached hydrogens (tertiary/aromatic N) is 10. The second-order valence-electron chi connectivity index (χ2n) is 6.81. The summed E-state index contributed by atoms with van der Waals surface area (Å²) in [6.07, 6.45) is 0. The van der Waals surface area contributed by atoms with Crippen molar-refractivity contribution in [1.29, 1.82) is 0 Å². The van der Waals surface area contributed by atoms with E-state index in [4.69, 9.17) is 4.98 Å². The van der Waals surface area contributed by atoms with Crippen LogP contribution < -0.4 is 4.90 Å². The van der Waals surface area contributed by atoms with Crippen molar-refractivity contribution < 1.29 is 0 Å². The van der Waals surface area contributed by atoms with Crippen molar-refractivity contribution in [3.63, 3.8) is 0 Å². The molecule has 0 radical (unpaired) electrons. The SMILES string of the molecule is CN(C)c1nc(-c2cccc(-c3nn[nH]n3)c2)nc(-c2cccc(-c3nn[nH]n3)c2)n1. The van der Waals surface area contributed by atoms with Crippen LogP contribution in [0.1, 0.15) is 0 Å². The fourth-order valence-corrected chi connectivity index (χ4v) is 2.99. The number of hydrogen-bond acceptors (Lipinski definition) is 10. The molecule has 0 aliphatic heterocycles. The number of nitrogens with one attached hydrogen (secondary N) is 2. The van der Waals surface area contributed by atoms with E-state index in [1.807, 2.05) is 67.5 Å². The maximum Gasteiger partial charge on any atom is 0.228 e. The fraction of sp³-hybridized carbons (Fsp3) is 0.105. The molecule has 0 spiro atoms. The van der Waals surface area contributed by atoms with Crippen LogP contribution >= 0.6 is 0 Å². The molecule has 0 saturated heterocycles. The van der Waals surface area contributed by atoms with Crippen LogP contribution in [-0.4, -0.2) is 70.3 Å². The van der Waals surface area contributed by atoms with Crippen LogP contribution in [0.3, 0.4) is 0 Å². The van der Waals surface area contributed by atoms with E-state index < -0.39 is 0 Å². The lowest BCUT2D eigenvalue weighted by Crippen LogP contribution is -2.14. The molecule has 2 N–H and O–H groups in total. The van der Waals surface area contributed by atoms with E-state index in [9.17, 15) is 0 Å². The van der Waals surface area contributed by atoms with Gasteiger partial charge in [-0.1, -0.05) is 36.4 Å². The molecule has 5 rings (SSSR count). The zero-order chi connectivity index (χ0) is 21.2. The summed E-state index contributed by atoms with van der Waals surface area (Å²) in [5.41, 5.74) is 3.23. The number of anilines is 1. The summed E-state index contributed by atoms with van der Waals surface area (Å²) in [6.45, 7) is 0. The normalized spacial score (nSPS) is 10.9. The van der Waals surface area contributed by atoms with E-state index in [-0.39, 0.29) is 0 Å². The predicted molar refractivity (Wildman–Crippen MR) is 111 cm³/mol. The van der Waals surface area contributed by atoms with Gasteiger partial charge in [0.15, 0.2) is 11.6 Å². The Morgan fingerprint density at radius 2 is 1.06 bits per heavy atom. The summed E-state index contributed by atoms with van der Waals surface area (Å²) in [7, 11) is 3.77. The quantitative estimate of drug-likeness (QED) is 0.436. The standard InChI is InChI=1S/C19H16N12/c1-31(2)19-21-15(11-5-3-7-13(9-11)17-23-27-28-24-17)20-16(22-19)12-6-4-8-14(10-12)18-25-29-30-26-18/h3-10H,1-2H3,(H,23,24,27,28)(H,25,26,29,30). The molecule has 12 heteroatoms. The third-order valence-electron chi connectivity index (χ3n) is 4.47. The molecule has 5 aromatic rings. The average molecular weight is 412 g/mol.